The van der Waals surface area contributed by atoms with Gasteiger partial charge < -0.3 is 14.4 Å². The summed E-state index contributed by atoms with van der Waals surface area (Å²) in [5.74, 6) is -2.39. The van der Waals surface area contributed by atoms with Crippen molar-refractivity contribution in [1.82, 2.24) is 4.90 Å². The highest BCUT2D eigenvalue weighted by Gasteiger charge is 2.67. The molecular formula is C23H21NO5. The first-order chi connectivity index (χ1) is 14.1. The van der Waals surface area contributed by atoms with Crippen LogP contribution in [0, 0.1) is 5.92 Å². The fourth-order valence-corrected chi connectivity index (χ4v) is 4.26. The Labute approximate surface area is 168 Å². The van der Waals surface area contributed by atoms with E-state index in [1.807, 2.05) is 60.7 Å². The van der Waals surface area contributed by atoms with Gasteiger partial charge in [-0.25, -0.2) is 0 Å². The fraction of sp³-hybridized carbons (Fsp3) is 0.261. The number of amides is 1. The van der Waals surface area contributed by atoms with Gasteiger partial charge in [0, 0.05) is 5.70 Å². The van der Waals surface area contributed by atoms with Gasteiger partial charge in [-0.2, -0.15) is 0 Å². The SMILES string of the molecule is COC(=O)C1CC2=C(N(Cc3ccccc3)C1=O)C2(C(=O)OC)c1ccccc1. The second kappa shape index (κ2) is 7.20. The van der Waals surface area contributed by atoms with Crippen LogP contribution in [-0.4, -0.2) is 37.0 Å². The maximum absolute atomic E-state index is 13.2. The van der Waals surface area contributed by atoms with E-state index < -0.39 is 23.3 Å². The zero-order valence-electron chi connectivity index (χ0n) is 16.3. The van der Waals surface area contributed by atoms with E-state index >= 15 is 0 Å². The minimum Gasteiger partial charge on any atom is -0.468 e. The van der Waals surface area contributed by atoms with Crippen molar-refractivity contribution in [2.45, 2.75) is 18.4 Å². The van der Waals surface area contributed by atoms with Crippen molar-refractivity contribution in [1.29, 1.82) is 0 Å². The molecule has 0 saturated heterocycles. The van der Waals surface area contributed by atoms with Gasteiger partial charge in [0.2, 0.25) is 5.91 Å². The van der Waals surface area contributed by atoms with Crippen LogP contribution < -0.4 is 0 Å². The van der Waals surface area contributed by atoms with Crippen molar-refractivity contribution in [3.05, 3.63) is 83.1 Å². The number of carbonyl (C=O) groups is 3. The molecule has 6 nitrogen and oxygen atoms in total. The topological polar surface area (TPSA) is 72.9 Å². The summed E-state index contributed by atoms with van der Waals surface area (Å²) in [6.45, 7) is 0.261. The van der Waals surface area contributed by atoms with Gasteiger partial charge in [0.15, 0.2) is 5.41 Å². The van der Waals surface area contributed by atoms with Crippen LogP contribution in [-0.2, 0) is 35.8 Å². The van der Waals surface area contributed by atoms with Gasteiger partial charge in [-0.15, -0.1) is 0 Å². The van der Waals surface area contributed by atoms with E-state index in [0.29, 0.717) is 5.70 Å². The Balaban J connectivity index is 1.81. The molecule has 0 spiro atoms. The van der Waals surface area contributed by atoms with Crippen LogP contribution in [0.2, 0.25) is 0 Å². The molecule has 0 aromatic heterocycles. The highest BCUT2D eigenvalue weighted by molar-refractivity contribution is 6.07. The van der Waals surface area contributed by atoms with Gasteiger partial charge in [0.25, 0.3) is 0 Å². The lowest BCUT2D eigenvalue weighted by atomic mass is 9.87. The highest BCUT2D eigenvalue weighted by Crippen LogP contribution is 2.61. The van der Waals surface area contributed by atoms with E-state index in [4.69, 9.17) is 9.47 Å². The minimum absolute atomic E-state index is 0.149. The number of rotatable bonds is 5. The molecule has 0 saturated carbocycles. The maximum Gasteiger partial charge on any atom is 0.326 e. The van der Waals surface area contributed by atoms with E-state index in [-0.39, 0.29) is 18.9 Å². The summed E-state index contributed by atoms with van der Waals surface area (Å²) in [5, 5.41) is 0. The third-order valence-corrected chi connectivity index (χ3v) is 5.64. The molecule has 0 fully saturated rings. The predicted octanol–water partition coefficient (Wildman–Crippen LogP) is 2.59. The van der Waals surface area contributed by atoms with Gasteiger partial charge in [-0.3, -0.25) is 14.4 Å². The van der Waals surface area contributed by atoms with Gasteiger partial charge in [-0.05, 0) is 23.1 Å². The zero-order chi connectivity index (χ0) is 20.6. The first-order valence-corrected chi connectivity index (χ1v) is 9.36. The first-order valence-electron chi connectivity index (χ1n) is 9.36. The Morgan fingerprint density at radius 3 is 2.21 bits per heavy atom. The van der Waals surface area contributed by atoms with Crippen LogP contribution in [0.5, 0.6) is 0 Å². The van der Waals surface area contributed by atoms with Crippen LogP contribution >= 0.6 is 0 Å². The Bertz CT molecular complexity index is 998. The third-order valence-electron chi connectivity index (χ3n) is 5.64. The van der Waals surface area contributed by atoms with E-state index in [1.165, 1.54) is 14.2 Å². The maximum atomic E-state index is 13.2. The van der Waals surface area contributed by atoms with Gasteiger partial charge in [0.1, 0.15) is 5.92 Å². The van der Waals surface area contributed by atoms with Crippen LogP contribution in [0.4, 0.5) is 0 Å². The predicted molar refractivity (Wildman–Crippen MR) is 104 cm³/mol. The molecule has 1 aliphatic heterocycles. The second-order valence-corrected chi connectivity index (χ2v) is 7.12. The third kappa shape index (κ3) is 2.83. The van der Waals surface area contributed by atoms with Crippen LogP contribution in [0.25, 0.3) is 0 Å². The molecule has 0 radical (unpaired) electrons. The average Bonchev–Trinajstić information content (AvgIpc) is 3.45. The van der Waals surface area contributed by atoms with Gasteiger partial charge in [-0.1, -0.05) is 60.7 Å². The number of esters is 2. The fourth-order valence-electron chi connectivity index (χ4n) is 4.26. The molecule has 2 unspecified atom stereocenters. The Hall–Kier alpha value is -3.41. The lowest BCUT2D eigenvalue weighted by molar-refractivity contribution is -0.153. The van der Waals surface area contributed by atoms with Crippen LogP contribution in [0.3, 0.4) is 0 Å². The molecule has 4 rings (SSSR count). The summed E-state index contributed by atoms with van der Waals surface area (Å²) in [6.07, 6.45) is 0.149. The molecule has 1 heterocycles. The molecular weight excluding hydrogens is 370 g/mol. The molecule has 2 aliphatic rings. The van der Waals surface area contributed by atoms with E-state index in [0.717, 1.165) is 16.7 Å². The van der Waals surface area contributed by atoms with Gasteiger partial charge in [0.05, 0.1) is 20.8 Å². The molecule has 6 heteroatoms. The summed E-state index contributed by atoms with van der Waals surface area (Å²) in [7, 11) is 2.60. The molecule has 2 atom stereocenters. The quantitative estimate of drug-likeness (QED) is 0.579. The number of ether oxygens (including phenoxy) is 2. The van der Waals surface area contributed by atoms with Crippen LogP contribution in [0.1, 0.15) is 17.5 Å². The lowest BCUT2D eigenvalue weighted by Gasteiger charge is -2.27. The lowest BCUT2D eigenvalue weighted by Crippen LogP contribution is -2.40. The summed E-state index contributed by atoms with van der Waals surface area (Å²) in [6, 6.07) is 18.7. The van der Waals surface area contributed by atoms with E-state index in [9.17, 15) is 14.4 Å². The average molecular weight is 391 g/mol. The molecule has 29 heavy (non-hydrogen) atoms. The summed E-state index contributed by atoms with van der Waals surface area (Å²) >= 11 is 0. The monoisotopic (exact) mass is 391 g/mol. The molecule has 1 amide bonds. The number of hydrogen-bond acceptors (Lipinski definition) is 5. The second-order valence-electron chi connectivity index (χ2n) is 7.12. The normalized spacial score (nSPS) is 22.8. The smallest absolute Gasteiger partial charge is 0.326 e. The summed E-state index contributed by atoms with van der Waals surface area (Å²) < 4.78 is 10.0. The summed E-state index contributed by atoms with van der Waals surface area (Å²) in [5.41, 5.74) is 1.85. The molecule has 0 bridgehead atoms. The molecule has 148 valence electrons. The van der Waals surface area contributed by atoms with Crippen molar-refractivity contribution in [3.8, 4) is 0 Å². The number of likely N-dealkylation sites (tertiary alicyclic amines) is 1. The first kappa shape index (κ1) is 18.9. The highest BCUT2D eigenvalue weighted by atomic mass is 16.5. The molecule has 2 aromatic carbocycles. The van der Waals surface area contributed by atoms with Crippen molar-refractivity contribution in [2.24, 2.45) is 5.92 Å². The number of nitrogens with zero attached hydrogens (tertiary/aromatic N) is 1. The van der Waals surface area contributed by atoms with Crippen molar-refractivity contribution in [3.63, 3.8) is 0 Å². The molecule has 0 N–H and O–H groups in total. The molecule has 2 aromatic rings. The minimum atomic E-state index is -1.14. The number of hydrogen-bond donors (Lipinski definition) is 0. The Morgan fingerprint density at radius 1 is 1.00 bits per heavy atom. The van der Waals surface area contributed by atoms with Gasteiger partial charge >= 0.3 is 11.9 Å². The largest absolute Gasteiger partial charge is 0.468 e. The van der Waals surface area contributed by atoms with Crippen molar-refractivity contribution >= 4 is 17.8 Å². The van der Waals surface area contributed by atoms with E-state index in [1.54, 1.807) is 4.90 Å². The molecule has 1 aliphatic carbocycles. The van der Waals surface area contributed by atoms with E-state index in [2.05, 4.69) is 0 Å². The van der Waals surface area contributed by atoms with Crippen molar-refractivity contribution < 1.29 is 23.9 Å². The number of carbonyl (C=O) groups excluding carboxylic acids is 3. The zero-order valence-corrected chi connectivity index (χ0v) is 16.3. The Kier molecular flexibility index (Phi) is 4.70. The number of methoxy groups -OCH3 is 2. The van der Waals surface area contributed by atoms with Crippen LogP contribution in [0.15, 0.2) is 71.9 Å². The number of benzene rings is 2. The van der Waals surface area contributed by atoms with Crippen molar-refractivity contribution in [2.75, 3.05) is 14.2 Å². The Morgan fingerprint density at radius 2 is 1.62 bits per heavy atom. The standard InChI is InChI=1S/C23H21NO5/c1-28-21(26)17-13-18-19(24(20(17)25)14-15-9-5-3-6-10-15)23(18,22(27)29-2)16-11-7-4-8-12-16/h3-12,17H,13-14H2,1-2H3. The summed E-state index contributed by atoms with van der Waals surface area (Å²) in [4.78, 5) is 40.1.